The number of aliphatic hydroxyl groups is 3. The van der Waals surface area contributed by atoms with Gasteiger partial charge in [-0.05, 0) is 95.7 Å². The predicted molar refractivity (Wildman–Crippen MR) is 326 cm³/mol. The second-order valence-corrected chi connectivity index (χ2v) is 23.2. The van der Waals surface area contributed by atoms with Gasteiger partial charge in [0.25, 0.3) is 11.8 Å². The molecule has 22 nitrogen and oxygen atoms in total. The summed E-state index contributed by atoms with van der Waals surface area (Å²) in [6.45, 7) is 7.05. The average molecular weight is 1360 g/mol. The summed E-state index contributed by atoms with van der Waals surface area (Å²) in [6.07, 6.45) is -8.54. The van der Waals surface area contributed by atoms with Crippen molar-refractivity contribution in [2.45, 2.75) is 132 Å². The number of rotatable bonds is 12. The average Bonchev–Trinajstić information content (AvgIpc) is 1.70. The highest BCUT2D eigenvalue weighted by atomic mass is 19.4. The molecule has 3 aromatic carbocycles. The number of carboxylic acids is 1. The highest BCUT2D eigenvalue weighted by Crippen LogP contribution is 2.40. The number of benzene rings is 3. The molecule has 0 saturated carbocycles. The van der Waals surface area contributed by atoms with Crippen LogP contribution in [0.3, 0.4) is 0 Å². The maximum atomic E-state index is 13.5. The fraction of sp³-hybridized carbons (Fsp3) is 0.364. The van der Waals surface area contributed by atoms with Crippen molar-refractivity contribution in [3.63, 3.8) is 0 Å². The lowest BCUT2D eigenvalue weighted by Gasteiger charge is -2.37. The van der Waals surface area contributed by atoms with Crippen molar-refractivity contribution in [1.82, 2.24) is 60.5 Å². The van der Waals surface area contributed by atoms with Gasteiger partial charge in [-0.1, -0.05) is 70.1 Å². The van der Waals surface area contributed by atoms with Crippen LogP contribution in [0.5, 0.6) is 0 Å². The molecule has 3 aliphatic rings. The predicted octanol–water partition coefficient (Wildman–Crippen LogP) is 12.2. The summed E-state index contributed by atoms with van der Waals surface area (Å²) in [4.78, 5) is 66.2. The lowest BCUT2D eigenvalue weighted by atomic mass is 9.90. The number of halogens is 9. The summed E-state index contributed by atoms with van der Waals surface area (Å²) < 4.78 is 129. The van der Waals surface area contributed by atoms with Crippen molar-refractivity contribution in [3.05, 3.63) is 197 Å². The third-order valence-electron chi connectivity index (χ3n) is 16.5. The molecule has 0 spiro atoms. The van der Waals surface area contributed by atoms with E-state index in [1.807, 2.05) is 13.8 Å². The molecule has 97 heavy (non-hydrogen) atoms. The smallest absolute Gasteiger partial charge is 0.420 e. The van der Waals surface area contributed by atoms with E-state index in [0.717, 1.165) is 25.0 Å². The van der Waals surface area contributed by atoms with E-state index in [2.05, 4.69) is 57.6 Å². The van der Waals surface area contributed by atoms with Gasteiger partial charge in [-0.15, -0.1) is 0 Å². The van der Waals surface area contributed by atoms with Gasteiger partial charge in [0, 0.05) is 128 Å². The number of nitrogens with zero attached hydrogens (tertiary/aromatic N) is 11. The molecule has 3 saturated heterocycles. The molecule has 6 aromatic heterocycles. The van der Waals surface area contributed by atoms with Crippen molar-refractivity contribution in [2.75, 3.05) is 19.6 Å². The van der Waals surface area contributed by atoms with Gasteiger partial charge in [0.1, 0.15) is 34.4 Å². The molecule has 31 heteroatoms. The number of carbonyl (C=O) groups excluding carboxylic acids is 2. The molecule has 0 aliphatic carbocycles. The number of hydrogen-bond acceptors (Lipinski definition) is 19. The zero-order chi connectivity index (χ0) is 69.8. The van der Waals surface area contributed by atoms with Crippen LogP contribution in [0.2, 0.25) is 0 Å². The minimum absolute atomic E-state index is 0.0166. The van der Waals surface area contributed by atoms with Crippen molar-refractivity contribution < 1.29 is 87.9 Å². The summed E-state index contributed by atoms with van der Waals surface area (Å²) in [7, 11) is 0. The van der Waals surface area contributed by atoms with Crippen LogP contribution in [0.4, 0.5) is 39.5 Å². The molecule has 5 N–H and O–H groups in total. The van der Waals surface area contributed by atoms with Crippen molar-refractivity contribution in [2.24, 2.45) is 0 Å². The molecule has 9 aromatic rings. The molecule has 2 amide bonds. The summed E-state index contributed by atoms with van der Waals surface area (Å²) in [5.41, 5.74) is 1.18. The number of nitrogens with one attached hydrogen (secondary N) is 1. The molecule has 0 bridgehead atoms. The Kier molecular flexibility index (Phi) is 23.1. The largest absolute Gasteiger partial charge is 0.478 e. The highest BCUT2D eigenvalue weighted by Gasteiger charge is 2.45. The molecule has 9 atom stereocenters. The van der Waals surface area contributed by atoms with Crippen LogP contribution < -0.4 is 5.32 Å². The molecular weight excluding hydrogens is 1290 g/mol. The molecular formula is C66H65F9N12O10. The minimum Gasteiger partial charge on any atom is -0.478 e. The number of aliphatic hydroxyl groups excluding tert-OH is 3. The molecule has 3 fully saturated rings. The topological polar surface area (TPSA) is 306 Å². The quantitative estimate of drug-likeness (QED) is 0.0710. The number of carboxylic acid groups (broad SMARTS) is 1. The third-order valence-corrected chi connectivity index (χ3v) is 16.5. The van der Waals surface area contributed by atoms with Gasteiger partial charge < -0.3 is 49.1 Å². The molecule has 12 rings (SSSR count). The van der Waals surface area contributed by atoms with Gasteiger partial charge in [-0.3, -0.25) is 9.59 Å². The van der Waals surface area contributed by atoms with Crippen LogP contribution in [-0.2, 0) is 0 Å². The molecule has 3 aliphatic heterocycles. The van der Waals surface area contributed by atoms with E-state index in [0.29, 0.717) is 89.3 Å². The van der Waals surface area contributed by atoms with Crippen LogP contribution in [-0.4, -0.2) is 150 Å². The zero-order valence-corrected chi connectivity index (χ0v) is 52.0. The van der Waals surface area contributed by atoms with E-state index < -0.39 is 59.9 Å². The van der Waals surface area contributed by atoms with E-state index >= 15 is 0 Å². The van der Waals surface area contributed by atoms with Crippen LogP contribution in [0, 0.1) is 0 Å². The van der Waals surface area contributed by atoms with Crippen LogP contribution in [0.15, 0.2) is 160 Å². The van der Waals surface area contributed by atoms with Crippen LogP contribution in [0.1, 0.15) is 161 Å². The standard InChI is InChI=1S/2C22H21F3N4O3.C11H15F3N2O2.C11H8N2O2/c2*1-13-7-8-14(18-11-17(28-32-18)19(30)22(23,24)25)12-29(13)21(31)16-6-3-2-5-15(16)20-26-9-4-10-27-20;1-6-2-3-7(5-15-6)9-4-8(16-18-9)10(17)11(12,13)14;14-11(15)9-5-2-1-4-8(9)10-12-6-3-7-13-10/h2*2-6,9-11,13-14,19,30H,7-8,12H2,1H3;4,6-7,10,15,17H,2-3,5H2,1H3;1-7H,(H,14,15)/t13-,14-,19+;13-,14-,19-;6-,7-,10?;/m111./s1. The molecule has 0 radical (unpaired) electrons. The van der Waals surface area contributed by atoms with E-state index in [1.165, 1.54) is 12.1 Å². The number of amides is 2. The normalized spacial score (nSPS) is 19.9. The van der Waals surface area contributed by atoms with E-state index in [4.69, 9.17) is 23.8 Å². The molecule has 512 valence electrons. The van der Waals surface area contributed by atoms with E-state index in [-0.39, 0.29) is 71.8 Å². The van der Waals surface area contributed by atoms with Crippen LogP contribution >= 0.6 is 0 Å². The number of carbonyl (C=O) groups is 3. The summed E-state index contributed by atoms with van der Waals surface area (Å²) in [6, 6.07) is 29.5. The Labute approximate surface area is 547 Å². The maximum absolute atomic E-state index is 13.5. The Balaban J connectivity index is 0.000000159. The Morgan fingerprint density at radius 2 is 0.763 bits per heavy atom. The Bertz CT molecular complexity index is 3870. The number of piperidine rings is 3. The van der Waals surface area contributed by atoms with Crippen LogP contribution in [0.25, 0.3) is 34.2 Å². The Hall–Kier alpha value is -9.85. The lowest BCUT2D eigenvalue weighted by molar-refractivity contribution is -0.208. The first-order valence-corrected chi connectivity index (χ1v) is 30.5. The van der Waals surface area contributed by atoms with Gasteiger partial charge in [0.2, 0.25) is 0 Å². The lowest BCUT2D eigenvalue weighted by Crippen LogP contribution is -2.45. The summed E-state index contributed by atoms with van der Waals surface area (Å²) >= 11 is 0. The fourth-order valence-electron chi connectivity index (χ4n) is 11.1. The second kappa shape index (κ2) is 31.4. The van der Waals surface area contributed by atoms with Gasteiger partial charge in [0.15, 0.2) is 35.8 Å². The monoisotopic (exact) mass is 1360 g/mol. The fourth-order valence-corrected chi connectivity index (χ4v) is 11.1. The summed E-state index contributed by atoms with van der Waals surface area (Å²) in [5.74, 6) is 0.0384. The summed E-state index contributed by atoms with van der Waals surface area (Å²) in [5, 5.41) is 50.2. The van der Waals surface area contributed by atoms with Gasteiger partial charge >= 0.3 is 24.5 Å². The Morgan fingerprint density at radius 3 is 1.08 bits per heavy atom. The van der Waals surface area contributed by atoms with E-state index in [1.54, 1.807) is 132 Å². The maximum Gasteiger partial charge on any atom is 0.420 e. The third kappa shape index (κ3) is 18.0. The zero-order valence-electron chi connectivity index (χ0n) is 52.0. The number of aromatic nitrogens is 9. The van der Waals surface area contributed by atoms with E-state index in [9.17, 15) is 64.1 Å². The van der Waals surface area contributed by atoms with Crippen molar-refractivity contribution >= 4 is 17.8 Å². The second-order valence-electron chi connectivity index (χ2n) is 23.2. The number of hydrogen-bond donors (Lipinski definition) is 5. The SMILES string of the molecule is C[C@@H]1CC[C@@H](c2cc(C(O)C(F)(F)F)no2)CN1.C[C@@H]1CC[C@@H](c2cc([C@@H](O)C(F)(F)F)no2)CN1C(=O)c1ccccc1-c1ncccn1.C[C@@H]1CC[C@@H](c2cc([C@H](O)C(F)(F)F)no2)CN1C(=O)c1ccccc1-c1ncccn1.O=C(O)c1ccccc1-c1ncccn1. The molecule has 9 heterocycles. The van der Waals surface area contributed by atoms with Crippen molar-refractivity contribution in [1.29, 1.82) is 0 Å². The molecule has 1 unspecified atom stereocenters. The first-order chi connectivity index (χ1) is 46.2. The van der Waals surface area contributed by atoms with Gasteiger partial charge in [0.05, 0.1) is 16.7 Å². The Morgan fingerprint density at radius 1 is 0.454 bits per heavy atom. The minimum atomic E-state index is -4.83. The van der Waals surface area contributed by atoms with Crippen molar-refractivity contribution in [3.8, 4) is 34.2 Å². The number of likely N-dealkylation sites (tertiary alicyclic amines) is 2. The highest BCUT2D eigenvalue weighted by molar-refractivity contribution is 6.01. The first-order valence-electron chi connectivity index (χ1n) is 30.5. The van der Waals surface area contributed by atoms with Gasteiger partial charge in [-0.2, -0.15) is 39.5 Å². The number of aromatic carboxylic acids is 1. The van der Waals surface area contributed by atoms with Gasteiger partial charge in [-0.25, -0.2) is 34.7 Å². The first kappa shape index (κ1) is 71.4. The number of alkyl halides is 9.